The summed E-state index contributed by atoms with van der Waals surface area (Å²) >= 11 is 0. The highest BCUT2D eigenvalue weighted by molar-refractivity contribution is 6.00. The van der Waals surface area contributed by atoms with Gasteiger partial charge in [-0.2, -0.15) is 0 Å². The summed E-state index contributed by atoms with van der Waals surface area (Å²) in [6, 6.07) is 12.4. The van der Waals surface area contributed by atoms with E-state index in [1.165, 1.54) is 14.0 Å². The number of hydrogen-bond donors (Lipinski definition) is 1. The molecular weight excluding hydrogens is 552 g/mol. The van der Waals surface area contributed by atoms with Crippen LogP contribution in [0.25, 0.3) is 0 Å². The Kier molecular flexibility index (Phi) is 12.4. The summed E-state index contributed by atoms with van der Waals surface area (Å²) in [7, 11) is 1.31. The number of urea groups is 1. The lowest BCUT2D eigenvalue weighted by atomic mass is 9.74. The second kappa shape index (κ2) is 15.7. The molecule has 2 atom stereocenters. The minimum Gasteiger partial charge on any atom is -0.493 e. The quantitative estimate of drug-likeness (QED) is 0.195. The van der Waals surface area contributed by atoms with Crippen LogP contribution >= 0.6 is 0 Å². The van der Waals surface area contributed by atoms with Gasteiger partial charge >= 0.3 is 12.0 Å². The zero-order chi connectivity index (χ0) is 31.6. The molecule has 0 aliphatic heterocycles. The van der Waals surface area contributed by atoms with Gasteiger partial charge in [-0.1, -0.05) is 30.3 Å². The third kappa shape index (κ3) is 8.26. The standard InChI is InChI=1S/C33H46N2O8/c1-8-40-27-20-33(21-27,31(37)39-7)34-32(38)35(16-17-43-24(6)25-14-12-11-13-15-25)22(4)26-18-28(41-9-2)30(23(5)36)29(19-26)42-10-3/h11-15,18-19,22,24,27H,8-10,16-17,20-21H2,1-7H3,(H,34,38)/t22-,24+,27-,33-/m1/s1. The van der Waals surface area contributed by atoms with E-state index in [0.29, 0.717) is 55.3 Å². The lowest BCUT2D eigenvalue weighted by molar-refractivity contribution is -0.160. The van der Waals surface area contributed by atoms with Gasteiger partial charge in [0, 0.05) is 26.0 Å². The Hall–Kier alpha value is -3.63. The van der Waals surface area contributed by atoms with E-state index in [2.05, 4.69) is 5.32 Å². The van der Waals surface area contributed by atoms with Crippen LogP contribution in [-0.4, -0.2) is 74.4 Å². The van der Waals surface area contributed by atoms with Gasteiger partial charge in [-0.15, -0.1) is 0 Å². The summed E-state index contributed by atoms with van der Waals surface area (Å²) in [5.41, 5.74) is 0.899. The van der Waals surface area contributed by atoms with E-state index < -0.39 is 23.6 Å². The molecule has 3 rings (SSSR count). The van der Waals surface area contributed by atoms with Crippen molar-refractivity contribution in [1.82, 2.24) is 10.2 Å². The van der Waals surface area contributed by atoms with Gasteiger partial charge < -0.3 is 33.9 Å². The molecule has 1 saturated carbocycles. The first kappa shape index (κ1) is 33.9. The summed E-state index contributed by atoms with van der Waals surface area (Å²) in [6.07, 6.45) is 0.302. The predicted octanol–water partition coefficient (Wildman–Crippen LogP) is 5.65. The summed E-state index contributed by atoms with van der Waals surface area (Å²) in [5.74, 6) is 0.0858. The normalized spacial score (nSPS) is 19.0. The number of hydrogen-bond acceptors (Lipinski definition) is 8. The van der Waals surface area contributed by atoms with Gasteiger partial charge in [-0.25, -0.2) is 9.59 Å². The fraction of sp³-hybridized carbons (Fsp3) is 0.545. The molecule has 0 spiro atoms. The number of ketones is 1. The molecule has 10 nitrogen and oxygen atoms in total. The van der Waals surface area contributed by atoms with E-state index in [-0.39, 0.29) is 31.1 Å². The molecule has 2 aromatic carbocycles. The van der Waals surface area contributed by atoms with Crippen LogP contribution in [0.4, 0.5) is 4.79 Å². The first-order chi connectivity index (χ1) is 20.6. The Morgan fingerprint density at radius 3 is 2.07 bits per heavy atom. The fourth-order valence-electron chi connectivity index (χ4n) is 5.40. The molecule has 0 radical (unpaired) electrons. The van der Waals surface area contributed by atoms with E-state index in [1.807, 2.05) is 65.0 Å². The number of rotatable bonds is 16. The van der Waals surface area contributed by atoms with Crippen molar-refractivity contribution in [2.75, 3.05) is 40.1 Å². The summed E-state index contributed by atoms with van der Waals surface area (Å²) < 4.78 is 28.6. The van der Waals surface area contributed by atoms with Crippen LogP contribution in [0.5, 0.6) is 11.5 Å². The van der Waals surface area contributed by atoms with Crippen LogP contribution in [0, 0.1) is 0 Å². The van der Waals surface area contributed by atoms with E-state index in [9.17, 15) is 14.4 Å². The SMILES string of the molecule is CCOc1cc([C@@H](C)N(CCO[C@@H](C)c2ccccc2)C(=O)N[C@]2(C(=O)OC)C[C@@H](OCC)C2)cc(OCC)c1C(C)=O. The average Bonchev–Trinajstić information content (AvgIpc) is 2.97. The molecular formula is C33H46N2O8. The molecule has 1 N–H and O–H groups in total. The third-order valence-electron chi connectivity index (χ3n) is 7.70. The molecule has 1 aliphatic rings. The van der Waals surface area contributed by atoms with Crippen molar-refractivity contribution in [3.05, 3.63) is 59.2 Å². The Bertz CT molecular complexity index is 1200. The van der Waals surface area contributed by atoms with E-state index >= 15 is 0 Å². The number of nitrogens with zero attached hydrogens (tertiary/aromatic N) is 1. The molecule has 2 amide bonds. The average molecular weight is 599 g/mol. The Balaban J connectivity index is 1.94. The van der Waals surface area contributed by atoms with Crippen LogP contribution in [0.2, 0.25) is 0 Å². The van der Waals surface area contributed by atoms with E-state index in [4.69, 9.17) is 23.7 Å². The first-order valence-corrected chi connectivity index (χ1v) is 15.0. The van der Waals surface area contributed by atoms with Crippen LogP contribution < -0.4 is 14.8 Å². The van der Waals surface area contributed by atoms with Crippen LogP contribution in [0.15, 0.2) is 42.5 Å². The topological polar surface area (TPSA) is 113 Å². The zero-order valence-electron chi connectivity index (χ0n) is 26.4. The van der Waals surface area contributed by atoms with Gasteiger partial charge in [-0.3, -0.25) is 4.79 Å². The highest BCUT2D eigenvalue weighted by Crippen LogP contribution is 2.38. The molecule has 43 heavy (non-hydrogen) atoms. The number of benzene rings is 2. The van der Waals surface area contributed by atoms with Crippen LogP contribution in [-0.2, 0) is 19.0 Å². The zero-order valence-corrected chi connectivity index (χ0v) is 26.4. The Labute approximate surface area is 255 Å². The molecule has 0 heterocycles. The molecule has 0 saturated heterocycles. The van der Waals surface area contributed by atoms with Crippen molar-refractivity contribution in [2.24, 2.45) is 0 Å². The van der Waals surface area contributed by atoms with E-state index in [0.717, 1.165) is 5.56 Å². The summed E-state index contributed by atoms with van der Waals surface area (Å²) in [5, 5.41) is 2.96. The molecule has 1 fully saturated rings. The van der Waals surface area contributed by atoms with Crippen molar-refractivity contribution in [3.8, 4) is 11.5 Å². The second-order valence-electron chi connectivity index (χ2n) is 10.6. The number of amides is 2. The number of nitrogens with one attached hydrogen (secondary N) is 1. The molecule has 2 aromatic rings. The molecule has 236 valence electrons. The van der Waals surface area contributed by atoms with Gasteiger partial charge in [0.15, 0.2) is 5.78 Å². The minimum atomic E-state index is -1.19. The third-order valence-corrected chi connectivity index (χ3v) is 7.70. The highest BCUT2D eigenvalue weighted by atomic mass is 16.5. The van der Waals surface area contributed by atoms with Gasteiger partial charge in [0.1, 0.15) is 22.6 Å². The van der Waals surface area contributed by atoms with Crippen molar-refractivity contribution >= 4 is 17.8 Å². The number of methoxy groups -OCH3 is 1. The monoisotopic (exact) mass is 598 g/mol. The maximum atomic E-state index is 14.0. The lowest BCUT2D eigenvalue weighted by Crippen LogP contribution is -2.67. The second-order valence-corrected chi connectivity index (χ2v) is 10.6. The maximum absolute atomic E-state index is 14.0. The molecule has 1 aliphatic carbocycles. The number of Topliss-reactive ketones (excluding diaryl/α,β-unsaturated/α-hetero) is 1. The van der Waals surface area contributed by atoms with Gasteiger partial charge in [-0.05, 0) is 64.8 Å². The van der Waals surface area contributed by atoms with Gasteiger partial charge in [0.2, 0.25) is 0 Å². The highest BCUT2D eigenvalue weighted by Gasteiger charge is 2.53. The summed E-state index contributed by atoms with van der Waals surface area (Å²) in [4.78, 5) is 41.0. The number of carbonyl (C=O) groups excluding carboxylic acids is 3. The number of esters is 1. The van der Waals surface area contributed by atoms with Gasteiger partial charge in [0.05, 0.1) is 45.2 Å². The van der Waals surface area contributed by atoms with E-state index in [1.54, 1.807) is 17.0 Å². The predicted molar refractivity (Wildman–Crippen MR) is 163 cm³/mol. The van der Waals surface area contributed by atoms with Crippen molar-refractivity contribution < 1.29 is 38.1 Å². The van der Waals surface area contributed by atoms with Crippen molar-refractivity contribution in [2.45, 2.75) is 78.2 Å². The number of carbonyl (C=O) groups is 3. The number of ether oxygens (including phenoxy) is 5. The first-order valence-electron chi connectivity index (χ1n) is 15.0. The molecule has 0 bridgehead atoms. The maximum Gasteiger partial charge on any atom is 0.331 e. The molecule has 0 unspecified atom stereocenters. The largest absolute Gasteiger partial charge is 0.493 e. The Morgan fingerprint density at radius 2 is 1.56 bits per heavy atom. The lowest BCUT2D eigenvalue weighted by Gasteiger charge is -2.46. The van der Waals surface area contributed by atoms with Crippen molar-refractivity contribution in [1.29, 1.82) is 0 Å². The summed E-state index contributed by atoms with van der Waals surface area (Å²) in [6.45, 7) is 12.5. The molecule has 0 aromatic heterocycles. The fourth-order valence-corrected chi connectivity index (χ4v) is 5.40. The smallest absolute Gasteiger partial charge is 0.331 e. The van der Waals surface area contributed by atoms with Crippen LogP contribution in [0.3, 0.4) is 0 Å². The Morgan fingerprint density at radius 1 is 0.953 bits per heavy atom. The van der Waals surface area contributed by atoms with Crippen LogP contribution in [0.1, 0.15) is 88.0 Å². The molecule has 10 heteroatoms. The minimum absolute atomic E-state index is 0.146. The van der Waals surface area contributed by atoms with Gasteiger partial charge in [0.25, 0.3) is 0 Å². The van der Waals surface area contributed by atoms with Crippen molar-refractivity contribution in [3.63, 3.8) is 0 Å².